The lowest BCUT2D eigenvalue weighted by molar-refractivity contribution is -0.118. The third-order valence-electron chi connectivity index (χ3n) is 3.48. The molecule has 26 heavy (non-hydrogen) atoms. The second kappa shape index (κ2) is 8.71. The Hall–Kier alpha value is -2.54. The van der Waals surface area contributed by atoms with Crippen molar-refractivity contribution in [3.05, 3.63) is 63.9 Å². The Morgan fingerprint density at radius 3 is 2.38 bits per heavy atom. The second-order valence-corrected chi connectivity index (χ2v) is 6.76. The summed E-state index contributed by atoms with van der Waals surface area (Å²) >= 11 is 3.14. The van der Waals surface area contributed by atoms with E-state index in [1.807, 2.05) is 0 Å². The Kier molecular flexibility index (Phi) is 6.63. The van der Waals surface area contributed by atoms with Crippen LogP contribution < -0.4 is 5.32 Å². The third kappa shape index (κ3) is 5.23. The van der Waals surface area contributed by atoms with E-state index in [0.717, 1.165) is 6.07 Å². The van der Waals surface area contributed by atoms with E-state index >= 15 is 0 Å². The minimum atomic E-state index is -0.919. The summed E-state index contributed by atoms with van der Waals surface area (Å²) in [7, 11) is 0. The average Bonchev–Trinajstić information content (AvgIpc) is 2.61. The molecule has 0 saturated carbocycles. The van der Waals surface area contributed by atoms with Gasteiger partial charge in [-0.2, -0.15) is 0 Å². The van der Waals surface area contributed by atoms with Crippen molar-refractivity contribution in [3.8, 4) is 0 Å². The van der Waals surface area contributed by atoms with Gasteiger partial charge in [0.25, 0.3) is 0 Å². The first-order valence-electron chi connectivity index (χ1n) is 7.84. The van der Waals surface area contributed by atoms with Crippen LogP contribution in [0.25, 0.3) is 0 Å². The molecule has 0 spiro atoms. The molecule has 2 aromatic carbocycles. The van der Waals surface area contributed by atoms with Crippen LogP contribution in [0.15, 0.2) is 46.9 Å². The molecule has 2 rings (SSSR count). The monoisotopic (exact) mass is 421 g/mol. The number of ether oxygens (including phenoxy) is 1. The van der Waals surface area contributed by atoms with Gasteiger partial charge < -0.3 is 10.1 Å². The average molecular weight is 422 g/mol. The summed E-state index contributed by atoms with van der Waals surface area (Å²) in [5, 5.41) is 2.71. The van der Waals surface area contributed by atoms with Crippen molar-refractivity contribution >= 4 is 39.3 Å². The first kappa shape index (κ1) is 19.8. The lowest BCUT2D eigenvalue weighted by Crippen LogP contribution is -2.18. The van der Waals surface area contributed by atoms with Gasteiger partial charge in [0.1, 0.15) is 5.82 Å². The van der Waals surface area contributed by atoms with Crippen molar-refractivity contribution in [2.75, 3.05) is 11.9 Å². The molecule has 0 aliphatic heterocycles. The van der Waals surface area contributed by atoms with E-state index < -0.39 is 24.2 Å². The number of Topliss-reactive ketones (excluding diaryl/α,β-unsaturated/α-hetero) is 1. The minimum absolute atomic E-state index is 0.131. The molecule has 7 heteroatoms. The van der Waals surface area contributed by atoms with Crippen molar-refractivity contribution in [1.29, 1.82) is 0 Å². The maximum atomic E-state index is 13.6. The van der Waals surface area contributed by atoms with Crippen molar-refractivity contribution in [1.82, 2.24) is 0 Å². The van der Waals surface area contributed by atoms with Crippen LogP contribution in [0.1, 0.15) is 34.6 Å². The van der Waals surface area contributed by atoms with E-state index in [4.69, 9.17) is 4.74 Å². The van der Waals surface area contributed by atoms with E-state index in [2.05, 4.69) is 21.2 Å². The Morgan fingerprint density at radius 1 is 1.12 bits per heavy atom. The standard InChI is InChI=1S/C19H17BrFNO4/c1-11(2)18(24)22-14-6-3-12(4-7-14)17(23)10-26-19(25)15-9-13(20)5-8-16(15)21/h3-9,11H,10H2,1-2H3,(H,22,24). The number of halogens is 2. The lowest BCUT2D eigenvalue weighted by atomic mass is 10.1. The molecule has 136 valence electrons. The fraction of sp³-hybridized carbons (Fsp3) is 0.211. The summed E-state index contributed by atoms with van der Waals surface area (Å²) in [6, 6.07) is 10.1. The van der Waals surface area contributed by atoms with E-state index in [9.17, 15) is 18.8 Å². The van der Waals surface area contributed by atoms with Crippen molar-refractivity contribution < 1.29 is 23.5 Å². The van der Waals surface area contributed by atoms with Gasteiger partial charge in [0.15, 0.2) is 12.4 Å². The number of esters is 1. The Balaban J connectivity index is 1.96. The van der Waals surface area contributed by atoms with E-state index in [1.54, 1.807) is 26.0 Å². The zero-order chi connectivity index (χ0) is 19.3. The molecule has 2 aromatic rings. The summed E-state index contributed by atoms with van der Waals surface area (Å²) < 4.78 is 19.0. The number of ketones is 1. The van der Waals surface area contributed by atoms with Gasteiger partial charge in [0.05, 0.1) is 5.56 Å². The first-order valence-corrected chi connectivity index (χ1v) is 8.63. The van der Waals surface area contributed by atoms with Gasteiger partial charge in [0.2, 0.25) is 5.91 Å². The number of rotatable bonds is 6. The normalized spacial score (nSPS) is 10.5. The summed E-state index contributed by atoms with van der Waals surface area (Å²) in [5.41, 5.74) is 0.627. The van der Waals surface area contributed by atoms with Crippen LogP contribution in [-0.2, 0) is 9.53 Å². The number of anilines is 1. The molecular formula is C19H17BrFNO4. The summed E-state index contributed by atoms with van der Waals surface area (Å²) in [6.07, 6.45) is 0. The van der Waals surface area contributed by atoms with Gasteiger partial charge >= 0.3 is 5.97 Å². The number of amides is 1. The van der Waals surface area contributed by atoms with E-state index in [-0.39, 0.29) is 17.4 Å². The topological polar surface area (TPSA) is 72.5 Å². The molecular weight excluding hydrogens is 405 g/mol. The van der Waals surface area contributed by atoms with E-state index in [0.29, 0.717) is 15.7 Å². The molecule has 0 bridgehead atoms. The molecule has 0 unspecified atom stereocenters. The number of carbonyl (C=O) groups is 3. The predicted octanol–water partition coefficient (Wildman–Crippen LogP) is 4.22. The first-order chi connectivity index (χ1) is 12.3. The number of hydrogen-bond acceptors (Lipinski definition) is 4. The van der Waals surface area contributed by atoms with Crippen molar-refractivity contribution in [3.63, 3.8) is 0 Å². The Labute approximate surface area is 158 Å². The number of hydrogen-bond donors (Lipinski definition) is 1. The molecule has 0 aromatic heterocycles. The molecule has 1 amide bonds. The molecule has 0 aliphatic rings. The second-order valence-electron chi connectivity index (χ2n) is 5.84. The molecule has 1 N–H and O–H groups in total. The van der Waals surface area contributed by atoms with E-state index in [1.165, 1.54) is 24.3 Å². The molecule has 0 fully saturated rings. The highest BCUT2D eigenvalue weighted by atomic mass is 79.9. The summed E-state index contributed by atoms with van der Waals surface area (Å²) in [4.78, 5) is 35.6. The molecule has 0 aliphatic carbocycles. The summed E-state index contributed by atoms with van der Waals surface area (Å²) in [5.74, 6) is -2.37. The quantitative estimate of drug-likeness (QED) is 0.559. The van der Waals surface area contributed by atoms with Gasteiger partial charge in [-0.3, -0.25) is 9.59 Å². The van der Waals surface area contributed by atoms with Gasteiger partial charge in [-0.05, 0) is 42.5 Å². The third-order valence-corrected chi connectivity index (χ3v) is 3.97. The van der Waals surface area contributed by atoms with Gasteiger partial charge in [-0.1, -0.05) is 29.8 Å². The number of benzene rings is 2. The molecule has 0 saturated heterocycles. The minimum Gasteiger partial charge on any atom is -0.454 e. The van der Waals surface area contributed by atoms with Crippen LogP contribution in [0, 0.1) is 11.7 Å². The van der Waals surface area contributed by atoms with Gasteiger partial charge in [0, 0.05) is 21.6 Å². The van der Waals surface area contributed by atoms with Gasteiger partial charge in [-0.25, -0.2) is 9.18 Å². The zero-order valence-electron chi connectivity index (χ0n) is 14.2. The molecule has 0 heterocycles. The molecule has 0 atom stereocenters. The SMILES string of the molecule is CC(C)C(=O)Nc1ccc(C(=O)COC(=O)c2cc(Br)ccc2F)cc1. The maximum absolute atomic E-state index is 13.6. The number of nitrogens with one attached hydrogen (secondary N) is 1. The fourth-order valence-corrected chi connectivity index (χ4v) is 2.33. The van der Waals surface area contributed by atoms with Crippen LogP contribution in [0.5, 0.6) is 0 Å². The van der Waals surface area contributed by atoms with Crippen molar-refractivity contribution in [2.24, 2.45) is 5.92 Å². The summed E-state index contributed by atoms with van der Waals surface area (Å²) in [6.45, 7) is 3.04. The maximum Gasteiger partial charge on any atom is 0.341 e. The largest absolute Gasteiger partial charge is 0.454 e. The highest BCUT2D eigenvalue weighted by Gasteiger charge is 2.16. The molecule has 0 radical (unpaired) electrons. The Bertz CT molecular complexity index is 834. The predicted molar refractivity (Wildman–Crippen MR) is 98.6 cm³/mol. The lowest BCUT2D eigenvalue weighted by Gasteiger charge is -2.09. The van der Waals surface area contributed by atoms with Crippen LogP contribution >= 0.6 is 15.9 Å². The zero-order valence-corrected chi connectivity index (χ0v) is 15.8. The van der Waals surface area contributed by atoms with Crippen molar-refractivity contribution in [2.45, 2.75) is 13.8 Å². The fourth-order valence-electron chi connectivity index (χ4n) is 1.97. The van der Waals surface area contributed by atoms with Gasteiger partial charge in [-0.15, -0.1) is 0 Å². The highest BCUT2D eigenvalue weighted by Crippen LogP contribution is 2.17. The van der Waals surface area contributed by atoms with Crippen LogP contribution in [0.4, 0.5) is 10.1 Å². The smallest absolute Gasteiger partial charge is 0.341 e. The van der Waals surface area contributed by atoms with Crippen LogP contribution in [0.3, 0.4) is 0 Å². The molecule has 5 nitrogen and oxygen atoms in total. The highest BCUT2D eigenvalue weighted by molar-refractivity contribution is 9.10. The Morgan fingerprint density at radius 2 is 1.77 bits per heavy atom. The number of carbonyl (C=O) groups excluding carboxylic acids is 3. The van der Waals surface area contributed by atoms with Crippen LogP contribution in [0.2, 0.25) is 0 Å². The van der Waals surface area contributed by atoms with Crippen LogP contribution in [-0.4, -0.2) is 24.3 Å².